The molecule has 7 nitrogen and oxygen atoms in total. The fourth-order valence-electron chi connectivity index (χ4n) is 2.74. The Morgan fingerprint density at radius 2 is 2.17 bits per heavy atom. The quantitative estimate of drug-likeness (QED) is 0.679. The summed E-state index contributed by atoms with van der Waals surface area (Å²) in [6, 6.07) is 1.79. The van der Waals surface area contributed by atoms with Crippen molar-refractivity contribution >= 4 is 28.6 Å². The highest BCUT2D eigenvalue weighted by Gasteiger charge is 2.43. The van der Waals surface area contributed by atoms with Gasteiger partial charge in [0, 0.05) is 11.9 Å². The summed E-state index contributed by atoms with van der Waals surface area (Å²) in [5.41, 5.74) is 6.42. The molecule has 0 aliphatic carbocycles. The molecule has 0 radical (unpaired) electrons. The highest BCUT2D eigenvalue weighted by Crippen LogP contribution is 2.34. The minimum absolute atomic E-state index is 0.383. The second-order valence-corrected chi connectivity index (χ2v) is 6.84. The van der Waals surface area contributed by atoms with Crippen LogP contribution in [0.15, 0.2) is 18.6 Å². The monoisotopic (exact) mass is 338 g/mol. The molecular formula is C15H22N4O3S. The average molecular weight is 338 g/mol. The number of rotatable bonds is 6. The zero-order chi connectivity index (χ0) is 16.4. The average Bonchev–Trinajstić information content (AvgIpc) is 3.09. The standard InChI is InChI=1S/C15H22N4O3S/c1-2-3-6-23-7-10-11(20)12(21)15(22-10)19-5-4-9-13(16)17-8-18-14(9)19/h4-5,8,10-12,15,20-21H,2-3,6-7H2,1H3,(H2,16,17,18). The van der Waals surface area contributed by atoms with E-state index >= 15 is 0 Å². The van der Waals surface area contributed by atoms with Gasteiger partial charge in [0.15, 0.2) is 6.23 Å². The third kappa shape index (κ3) is 3.16. The molecule has 126 valence electrons. The van der Waals surface area contributed by atoms with E-state index in [1.807, 2.05) is 0 Å². The van der Waals surface area contributed by atoms with E-state index in [9.17, 15) is 10.2 Å². The van der Waals surface area contributed by atoms with Gasteiger partial charge >= 0.3 is 0 Å². The zero-order valence-corrected chi connectivity index (χ0v) is 13.8. The number of hydrogen-bond acceptors (Lipinski definition) is 7. The second kappa shape index (κ2) is 7.04. The van der Waals surface area contributed by atoms with Crippen molar-refractivity contribution in [2.45, 2.75) is 44.3 Å². The molecule has 1 fully saturated rings. The van der Waals surface area contributed by atoms with Crippen LogP contribution in [-0.4, -0.2) is 54.6 Å². The molecule has 0 saturated carbocycles. The van der Waals surface area contributed by atoms with E-state index in [-0.39, 0.29) is 0 Å². The molecule has 2 aromatic rings. The molecule has 1 saturated heterocycles. The summed E-state index contributed by atoms with van der Waals surface area (Å²) in [5.74, 6) is 2.07. The predicted molar refractivity (Wildman–Crippen MR) is 90.1 cm³/mol. The molecule has 3 heterocycles. The highest BCUT2D eigenvalue weighted by atomic mass is 32.2. The Hall–Kier alpha value is -1.35. The molecule has 0 spiro atoms. The van der Waals surface area contributed by atoms with Gasteiger partial charge in [0.05, 0.1) is 11.5 Å². The van der Waals surface area contributed by atoms with Gasteiger partial charge in [-0.2, -0.15) is 11.8 Å². The summed E-state index contributed by atoms with van der Waals surface area (Å²) in [4.78, 5) is 8.16. The lowest BCUT2D eigenvalue weighted by Gasteiger charge is -2.17. The molecule has 4 N–H and O–H groups in total. The van der Waals surface area contributed by atoms with Gasteiger partial charge in [0.25, 0.3) is 0 Å². The fraction of sp³-hybridized carbons (Fsp3) is 0.600. The number of aliphatic hydroxyl groups is 2. The van der Waals surface area contributed by atoms with E-state index in [1.165, 1.54) is 6.33 Å². The molecule has 2 aromatic heterocycles. The van der Waals surface area contributed by atoms with Crippen LogP contribution >= 0.6 is 11.8 Å². The van der Waals surface area contributed by atoms with Gasteiger partial charge in [-0.05, 0) is 18.2 Å². The summed E-state index contributed by atoms with van der Waals surface area (Å²) in [6.45, 7) is 2.14. The van der Waals surface area contributed by atoms with Crippen LogP contribution in [0.25, 0.3) is 11.0 Å². The summed E-state index contributed by atoms with van der Waals surface area (Å²) in [7, 11) is 0. The normalized spacial score (nSPS) is 27.8. The van der Waals surface area contributed by atoms with Crippen molar-refractivity contribution in [3.05, 3.63) is 18.6 Å². The molecule has 23 heavy (non-hydrogen) atoms. The van der Waals surface area contributed by atoms with Crippen LogP contribution in [0.1, 0.15) is 26.0 Å². The number of thioether (sulfide) groups is 1. The maximum absolute atomic E-state index is 10.4. The van der Waals surface area contributed by atoms with E-state index in [0.717, 1.165) is 18.6 Å². The Morgan fingerprint density at radius 3 is 2.96 bits per heavy atom. The Labute approximate surface area is 138 Å². The lowest BCUT2D eigenvalue weighted by molar-refractivity contribution is -0.0285. The smallest absolute Gasteiger partial charge is 0.164 e. The van der Waals surface area contributed by atoms with Crippen LogP contribution in [0.5, 0.6) is 0 Å². The van der Waals surface area contributed by atoms with E-state index in [4.69, 9.17) is 10.5 Å². The molecule has 4 atom stereocenters. The van der Waals surface area contributed by atoms with E-state index < -0.39 is 24.5 Å². The molecule has 8 heteroatoms. The molecule has 1 aliphatic rings. The van der Waals surface area contributed by atoms with Crippen molar-refractivity contribution < 1.29 is 14.9 Å². The Balaban J connectivity index is 1.76. The van der Waals surface area contributed by atoms with Crippen LogP contribution < -0.4 is 5.73 Å². The topological polar surface area (TPSA) is 106 Å². The number of nitrogens with two attached hydrogens (primary N) is 1. The van der Waals surface area contributed by atoms with E-state index in [0.29, 0.717) is 22.6 Å². The van der Waals surface area contributed by atoms with Crippen molar-refractivity contribution in [2.75, 3.05) is 17.2 Å². The fourth-order valence-corrected chi connectivity index (χ4v) is 3.91. The lowest BCUT2D eigenvalue weighted by atomic mass is 10.1. The number of aromatic nitrogens is 3. The Bertz CT molecular complexity index is 665. The van der Waals surface area contributed by atoms with E-state index in [1.54, 1.807) is 28.6 Å². The number of nitrogens with zero attached hydrogens (tertiary/aromatic N) is 3. The van der Waals surface area contributed by atoms with Crippen LogP contribution in [0.4, 0.5) is 5.82 Å². The first kappa shape index (κ1) is 16.5. The molecular weight excluding hydrogens is 316 g/mol. The first-order valence-electron chi connectivity index (χ1n) is 7.79. The number of anilines is 1. The van der Waals surface area contributed by atoms with Gasteiger partial charge in [-0.1, -0.05) is 13.3 Å². The van der Waals surface area contributed by atoms with Gasteiger partial charge in [-0.15, -0.1) is 0 Å². The predicted octanol–water partition coefficient (Wildman–Crippen LogP) is 1.17. The van der Waals surface area contributed by atoms with Crippen LogP contribution in [-0.2, 0) is 4.74 Å². The van der Waals surface area contributed by atoms with Crippen LogP contribution in [0.2, 0.25) is 0 Å². The molecule has 0 bridgehead atoms. The van der Waals surface area contributed by atoms with E-state index in [2.05, 4.69) is 16.9 Å². The molecule has 0 aromatic carbocycles. The maximum Gasteiger partial charge on any atom is 0.164 e. The first-order chi connectivity index (χ1) is 11.1. The van der Waals surface area contributed by atoms with Gasteiger partial charge in [0.1, 0.15) is 30.0 Å². The number of aliphatic hydroxyl groups excluding tert-OH is 2. The molecule has 0 amide bonds. The third-order valence-electron chi connectivity index (χ3n) is 4.08. The van der Waals surface area contributed by atoms with Crippen molar-refractivity contribution in [3.8, 4) is 0 Å². The number of ether oxygens (including phenoxy) is 1. The number of unbranched alkanes of at least 4 members (excludes halogenated alkanes) is 1. The molecule has 4 unspecified atom stereocenters. The molecule has 3 rings (SSSR count). The largest absolute Gasteiger partial charge is 0.387 e. The number of hydrogen-bond donors (Lipinski definition) is 3. The Morgan fingerprint density at radius 1 is 1.35 bits per heavy atom. The maximum atomic E-state index is 10.4. The SMILES string of the molecule is CCCCSCC1OC(n2ccc3c(N)ncnc32)C(O)C1O. The summed E-state index contributed by atoms with van der Waals surface area (Å²) >= 11 is 1.74. The Kier molecular flexibility index (Phi) is 5.05. The zero-order valence-electron chi connectivity index (χ0n) is 13.0. The number of nitrogen functional groups attached to an aromatic ring is 1. The highest BCUT2D eigenvalue weighted by molar-refractivity contribution is 7.99. The van der Waals surface area contributed by atoms with Crippen LogP contribution in [0.3, 0.4) is 0 Å². The minimum atomic E-state index is -1.00. The van der Waals surface area contributed by atoms with Crippen molar-refractivity contribution in [2.24, 2.45) is 0 Å². The number of fused-ring (bicyclic) bond motifs is 1. The first-order valence-corrected chi connectivity index (χ1v) is 8.95. The summed E-state index contributed by atoms with van der Waals surface area (Å²) < 4.78 is 7.61. The second-order valence-electron chi connectivity index (χ2n) is 5.69. The molecule has 1 aliphatic heterocycles. The summed E-state index contributed by atoms with van der Waals surface area (Å²) in [6.07, 6.45) is 2.43. The minimum Gasteiger partial charge on any atom is -0.387 e. The van der Waals surface area contributed by atoms with Crippen molar-refractivity contribution in [3.63, 3.8) is 0 Å². The van der Waals surface area contributed by atoms with Gasteiger partial charge in [-0.3, -0.25) is 0 Å². The summed E-state index contributed by atoms with van der Waals surface area (Å²) in [5, 5.41) is 21.3. The van der Waals surface area contributed by atoms with Crippen molar-refractivity contribution in [1.29, 1.82) is 0 Å². The van der Waals surface area contributed by atoms with Crippen molar-refractivity contribution in [1.82, 2.24) is 14.5 Å². The lowest BCUT2D eigenvalue weighted by Crippen LogP contribution is -2.32. The van der Waals surface area contributed by atoms with Gasteiger partial charge in [0.2, 0.25) is 0 Å². The van der Waals surface area contributed by atoms with Gasteiger partial charge < -0.3 is 25.3 Å². The third-order valence-corrected chi connectivity index (χ3v) is 5.22. The van der Waals surface area contributed by atoms with Crippen LogP contribution in [0, 0.1) is 0 Å². The van der Waals surface area contributed by atoms with Gasteiger partial charge in [-0.25, -0.2) is 9.97 Å².